The number of ether oxygens (including phenoxy) is 1. The van der Waals surface area contributed by atoms with Crippen molar-refractivity contribution in [2.75, 3.05) is 4.90 Å². The number of thioether (sulfide) groups is 1. The molecule has 0 saturated carbocycles. The summed E-state index contributed by atoms with van der Waals surface area (Å²) < 4.78 is 5.22. The molecule has 0 aromatic heterocycles. The first-order chi connectivity index (χ1) is 10.0. The number of nitrogens with zero attached hydrogens (tertiary/aromatic N) is 1. The van der Waals surface area contributed by atoms with Gasteiger partial charge >= 0.3 is 6.09 Å². The van der Waals surface area contributed by atoms with Crippen LogP contribution in [0.25, 0.3) is 6.08 Å². The largest absolute Gasteiger partial charge is 0.464 e. The van der Waals surface area contributed by atoms with Gasteiger partial charge in [0, 0.05) is 0 Å². The van der Waals surface area contributed by atoms with Gasteiger partial charge in [0.25, 0.3) is 11.1 Å². The number of imide groups is 1. The molecule has 0 bridgehead atoms. The second-order valence-corrected chi connectivity index (χ2v) is 5.15. The zero-order valence-corrected chi connectivity index (χ0v) is 11.2. The molecule has 0 radical (unpaired) electrons. The topological polar surface area (TPSA) is 95.9 Å². The molecule has 0 atom stereocenters. The average molecular weight is 304 g/mol. The normalized spacial score (nSPS) is 18.5. The van der Waals surface area contributed by atoms with Gasteiger partial charge in [-0.3, -0.25) is 14.9 Å². The van der Waals surface area contributed by atoms with Crippen molar-refractivity contribution < 1.29 is 24.2 Å². The van der Waals surface area contributed by atoms with Crippen LogP contribution in [0.4, 0.5) is 15.3 Å². The van der Waals surface area contributed by atoms with Crippen molar-refractivity contribution >= 4 is 40.8 Å². The van der Waals surface area contributed by atoms with Crippen molar-refractivity contribution in [3.63, 3.8) is 0 Å². The molecule has 2 aliphatic rings. The van der Waals surface area contributed by atoms with Gasteiger partial charge in [-0.05, 0) is 35.5 Å². The zero-order chi connectivity index (χ0) is 15.0. The second kappa shape index (κ2) is 4.98. The van der Waals surface area contributed by atoms with E-state index in [9.17, 15) is 14.4 Å². The summed E-state index contributed by atoms with van der Waals surface area (Å²) in [6, 6.07) is 4.83. The molecular weight excluding hydrogens is 296 g/mol. The van der Waals surface area contributed by atoms with E-state index in [4.69, 9.17) is 9.84 Å². The minimum atomic E-state index is -1.15. The summed E-state index contributed by atoms with van der Waals surface area (Å²) in [4.78, 5) is 35.0. The summed E-state index contributed by atoms with van der Waals surface area (Å²) in [5.41, 5.74) is 0.931. The van der Waals surface area contributed by atoms with Crippen LogP contribution in [0.3, 0.4) is 0 Å². The Balaban J connectivity index is 1.98. The minimum absolute atomic E-state index is 0.258. The number of carboxylic acid groups (broad SMARTS) is 1. The smallest absolute Gasteiger partial charge is 0.416 e. The fraction of sp³-hybridized carbons (Fsp3) is 0. The highest BCUT2D eigenvalue weighted by atomic mass is 32.2. The van der Waals surface area contributed by atoms with Crippen LogP contribution in [0.1, 0.15) is 5.56 Å². The van der Waals surface area contributed by atoms with Crippen molar-refractivity contribution in [2.24, 2.45) is 0 Å². The number of hydrogen-bond acceptors (Lipinski definition) is 5. The molecule has 2 aliphatic heterocycles. The third-order valence-corrected chi connectivity index (χ3v) is 3.60. The molecule has 7 nitrogen and oxygen atoms in total. The number of rotatable bonds is 1. The quantitative estimate of drug-likeness (QED) is 0.773. The van der Waals surface area contributed by atoms with Crippen LogP contribution in [0.5, 0.6) is 5.75 Å². The minimum Gasteiger partial charge on any atom is -0.464 e. The van der Waals surface area contributed by atoms with Gasteiger partial charge in [0.1, 0.15) is 6.26 Å². The van der Waals surface area contributed by atoms with E-state index in [0.717, 1.165) is 16.7 Å². The molecule has 1 fully saturated rings. The van der Waals surface area contributed by atoms with Gasteiger partial charge in [0.2, 0.25) is 0 Å². The monoisotopic (exact) mass is 304 g/mol. The predicted octanol–water partition coefficient (Wildman–Crippen LogP) is 2.36. The maximum atomic E-state index is 11.5. The van der Waals surface area contributed by atoms with Gasteiger partial charge < -0.3 is 9.84 Å². The van der Waals surface area contributed by atoms with Crippen LogP contribution in [0.2, 0.25) is 0 Å². The molecule has 106 valence electrons. The highest BCUT2D eigenvalue weighted by molar-refractivity contribution is 8.18. The Labute approximate surface area is 122 Å². The first-order valence-electron chi connectivity index (χ1n) is 5.79. The first-order valence-corrected chi connectivity index (χ1v) is 6.60. The lowest BCUT2D eigenvalue weighted by atomic mass is 10.1. The maximum Gasteiger partial charge on any atom is 0.416 e. The van der Waals surface area contributed by atoms with Crippen molar-refractivity contribution in [2.45, 2.75) is 0 Å². The van der Waals surface area contributed by atoms with Crippen molar-refractivity contribution in [1.82, 2.24) is 5.32 Å². The van der Waals surface area contributed by atoms with E-state index in [-0.39, 0.29) is 4.91 Å². The van der Waals surface area contributed by atoms with Gasteiger partial charge in [-0.2, -0.15) is 0 Å². The standard InChI is InChI=1S/C13H8N2O5S/c16-11-10(21-12(17)14-11)6-7-1-2-9-8(5-7)15(13(18)19)3-4-20-9/h1-6H,(H,18,19)(H,14,16,17). The van der Waals surface area contributed by atoms with Crippen molar-refractivity contribution in [3.8, 4) is 5.75 Å². The molecule has 2 N–H and O–H groups in total. The Bertz CT molecular complexity index is 725. The van der Waals surface area contributed by atoms with E-state index in [0.29, 0.717) is 17.0 Å². The molecule has 0 aliphatic carbocycles. The summed E-state index contributed by atoms with van der Waals surface area (Å²) >= 11 is 0.799. The van der Waals surface area contributed by atoms with Crippen molar-refractivity contribution in [3.05, 3.63) is 41.1 Å². The van der Waals surface area contributed by atoms with Crippen LogP contribution in [-0.4, -0.2) is 22.3 Å². The van der Waals surface area contributed by atoms with E-state index >= 15 is 0 Å². The van der Waals surface area contributed by atoms with Crippen LogP contribution < -0.4 is 15.0 Å². The van der Waals surface area contributed by atoms with Crippen LogP contribution in [0, 0.1) is 0 Å². The first kappa shape index (κ1) is 13.3. The molecule has 1 saturated heterocycles. The van der Waals surface area contributed by atoms with E-state index < -0.39 is 17.2 Å². The van der Waals surface area contributed by atoms with Gasteiger partial charge in [-0.25, -0.2) is 9.69 Å². The number of benzene rings is 1. The van der Waals surface area contributed by atoms with E-state index in [1.165, 1.54) is 18.5 Å². The fourth-order valence-electron chi connectivity index (χ4n) is 1.90. The molecule has 8 heteroatoms. The molecule has 0 unspecified atom stereocenters. The highest BCUT2D eigenvalue weighted by Gasteiger charge is 2.25. The molecule has 3 rings (SSSR count). The van der Waals surface area contributed by atoms with Crippen LogP contribution in [-0.2, 0) is 4.79 Å². The third-order valence-electron chi connectivity index (χ3n) is 2.79. The number of carbonyl (C=O) groups excluding carboxylic acids is 2. The average Bonchev–Trinajstić information content (AvgIpc) is 2.76. The van der Waals surface area contributed by atoms with Gasteiger partial charge in [-0.1, -0.05) is 6.07 Å². The summed E-state index contributed by atoms with van der Waals surface area (Å²) in [5, 5.41) is 10.9. The van der Waals surface area contributed by atoms with Crippen LogP contribution in [0.15, 0.2) is 35.6 Å². The molecule has 2 heterocycles. The molecular formula is C13H8N2O5S. The zero-order valence-electron chi connectivity index (χ0n) is 10.4. The van der Waals surface area contributed by atoms with Gasteiger partial charge in [0.15, 0.2) is 5.75 Å². The Kier molecular flexibility index (Phi) is 3.15. The number of carbonyl (C=O) groups is 3. The van der Waals surface area contributed by atoms with Crippen LogP contribution >= 0.6 is 11.8 Å². The second-order valence-electron chi connectivity index (χ2n) is 4.13. The third kappa shape index (κ3) is 2.48. The molecule has 21 heavy (non-hydrogen) atoms. The number of hydrogen-bond donors (Lipinski definition) is 2. The lowest BCUT2D eigenvalue weighted by Gasteiger charge is -2.21. The predicted molar refractivity (Wildman–Crippen MR) is 75.8 cm³/mol. The van der Waals surface area contributed by atoms with Gasteiger partial charge in [-0.15, -0.1) is 0 Å². The molecule has 1 aromatic carbocycles. The number of amides is 3. The highest BCUT2D eigenvalue weighted by Crippen LogP contribution is 2.34. The SMILES string of the molecule is O=C1NC(=O)C(=Cc2ccc3c(c2)N(C(=O)O)C=CO3)S1. The van der Waals surface area contributed by atoms with Gasteiger partial charge in [0.05, 0.1) is 16.8 Å². The summed E-state index contributed by atoms with van der Waals surface area (Å²) in [6.45, 7) is 0. The molecule has 3 amide bonds. The van der Waals surface area contributed by atoms with Crippen molar-refractivity contribution in [1.29, 1.82) is 0 Å². The maximum absolute atomic E-state index is 11.5. The summed E-state index contributed by atoms with van der Waals surface area (Å²) in [5.74, 6) is -0.0735. The summed E-state index contributed by atoms with van der Waals surface area (Å²) in [7, 11) is 0. The Morgan fingerprint density at radius 1 is 1.38 bits per heavy atom. The number of fused-ring (bicyclic) bond motifs is 1. The number of nitrogens with one attached hydrogen (secondary N) is 1. The Morgan fingerprint density at radius 2 is 2.19 bits per heavy atom. The molecule has 0 spiro atoms. The molecule has 1 aromatic rings. The number of anilines is 1. The van der Waals surface area contributed by atoms with E-state index in [1.54, 1.807) is 18.2 Å². The Morgan fingerprint density at radius 3 is 2.86 bits per heavy atom. The van der Waals surface area contributed by atoms with E-state index in [2.05, 4.69) is 5.32 Å². The Hall–Kier alpha value is -2.74. The lowest BCUT2D eigenvalue weighted by Crippen LogP contribution is -2.25. The lowest BCUT2D eigenvalue weighted by molar-refractivity contribution is -0.115. The fourth-order valence-corrected chi connectivity index (χ4v) is 2.58. The summed E-state index contributed by atoms with van der Waals surface area (Å²) in [6.07, 6.45) is 2.92. The van der Waals surface area contributed by atoms with E-state index in [1.807, 2.05) is 0 Å².